The van der Waals surface area contributed by atoms with Crippen molar-refractivity contribution in [2.45, 2.75) is 24.2 Å². The minimum absolute atomic E-state index is 0. The quantitative estimate of drug-likeness (QED) is 0.245. The zero-order valence-corrected chi connectivity index (χ0v) is 17.1. The van der Waals surface area contributed by atoms with Gasteiger partial charge in [-0.15, -0.1) is 0 Å². The average Bonchev–Trinajstić information content (AvgIpc) is 3.20. The summed E-state index contributed by atoms with van der Waals surface area (Å²) >= 11 is 0. The Hall–Kier alpha value is -2.49. The molecule has 2 aliphatic carbocycles. The SMILES string of the molecule is Nc1c(S(=O)(=O)O)cc(Nc2ccc3c(c2)CCC3)c2c1C(=O)c1ccccc1C2=O.[NaH]. The van der Waals surface area contributed by atoms with Crippen molar-refractivity contribution in [1.82, 2.24) is 0 Å². The molecule has 9 heteroatoms. The number of carbonyl (C=O) groups excluding carboxylic acids is 2. The number of ketones is 2. The molecule has 0 heterocycles. The first-order chi connectivity index (χ1) is 14.8. The van der Waals surface area contributed by atoms with Crippen LogP contribution in [0.15, 0.2) is 53.4 Å². The summed E-state index contributed by atoms with van der Waals surface area (Å²) in [5.74, 6) is -1.01. The van der Waals surface area contributed by atoms with Crippen molar-refractivity contribution in [3.8, 4) is 0 Å². The molecule has 0 aliphatic heterocycles. The van der Waals surface area contributed by atoms with Crippen molar-refractivity contribution in [2.24, 2.45) is 0 Å². The van der Waals surface area contributed by atoms with Crippen LogP contribution in [0.4, 0.5) is 17.1 Å². The first kappa shape index (κ1) is 22.7. The van der Waals surface area contributed by atoms with Crippen molar-refractivity contribution < 1.29 is 22.6 Å². The van der Waals surface area contributed by atoms with E-state index in [9.17, 15) is 22.6 Å². The van der Waals surface area contributed by atoms with E-state index in [2.05, 4.69) is 5.32 Å². The Labute approximate surface area is 207 Å². The van der Waals surface area contributed by atoms with E-state index in [4.69, 9.17) is 5.73 Å². The molecule has 0 amide bonds. The van der Waals surface area contributed by atoms with E-state index in [-0.39, 0.29) is 57.5 Å². The second-order valence-electron chi connectivity index (χ2n) is 7.73. The molecule has 0 atom stereocenters. The van der Waals surface area contributed by atoms with E-state index in [0.717, 1.165) is 25.3 Å². The first-order valence-electron chi connectivity index (χ1n) is 9.77. The number of nitrogen functional groups attached to an aromatic ring is 1. The maximum absolute atomic E-state index is 13.3. The molecule has 5 rings (SSSR count). The molecule has 0 aromatic heterocycles. The first-order valence-corrected chi connectivity index (χ1v) is 11.2. The molecule has 0 saturated heterocycles. The third kappa shape index (κ3) is 3.58. The molecule has 0 spiro atoms. The van der Waals surface area contributed by atoms with Gasteiger partial charge in [0.05, 0.1) is 22.5 Å². The summed E-state index contributed by atoms with van der Waals surface area (Å²) < 4.78 is 33.7. The van der Waals surface area contributed by atoms with Gasteiger partial charge < -0.3 is 11.1 Å². The van der Waals surface area contributed by atoms with Gasteiger partial charge in [0.2, 0.25) is 0 Å². The Morgan fingerprint density at radius 1 is 0.875 bits per heavy atom. The Morgan fingerprint density at radius 2 is 1.50 bits per heavy atom. The molecular formula is C23H19N2NaO5S. The molecule has 0 fully saturated rings. The van der Waals surface area contributed by atoms with E-state index < -0.39 is 32.3 Å². The van der Waals surface area contributed by atoms with Gasteiger partial charge in [-0.1, -0.05) is 30.3 Å². The number of carbonyl (C=O) groups is 2. The topological polar surface area (TPSA) is 127 Å². The number of nitrogens with one attached hydrogen (secondary N) is 1. The molecule has 7 nitrogen and oxygen atoms in total. The van der Waals surface area contributed by atoms with Crippen molar-refractivity contribution in [2.75, 3.05) is 11.1 Å². The summed E-state index contributed by atoms with van der Waals surface area (Å²) in [6.45, 7) is 0. The van der Waals surface area contributed by atoms with Crippen LogP contribution in [0.1, 0.15) is 49.4 Å². The monoisotopic (exact) mass is 458 g/mol. The third-order valence-corrected chi connectivity index (χ3v) is 6.75. The second kappa shape index (κ2) is 8.13. The van der Waals surface area contributed by atoms with Crippen molar-refractivity contribution >= 4 is 68.3 Å². The summed E-state index contributed by atoms with van der Waals surface area (Å²) in [7, 11) is -4.74. The number of anilines is 3. The van der Waals surface area contributed by atoms with Crippen molar-refractivity contribution in [1.29, 1.82) is 0 Å². The second-order valence-corrected chi connectivity index (χ2v) is 9.12. The minimum atomic E-state index is -4.74. The summed E-state index contributed by atoms with van der Waals surface area (Å²) in [6, 6.07) is 13.2. The number of aryl methyl sites for hydroxylation is 2. The molecule has 4 N–H and O–H groups in total. The van der Waals surface area contributed by atoms with Gasteiger partial charge in [-0.3, -0.25) is 14.1 Å². The molecule has 2 aliphatic rings. The summed E-state index contributed by atoms with van der Waals surface area (Å²) in [6.07, 6.45) is 3.00. The zero-order valence-electron chi connectivity index (χ0n) is 16.3. The normalized spacial score (nSPS) is 14.3. The Bertz CT molecular complexity index is 1420. The Balaban J connectivity index is 0.00000245. The number of hydrogen-bond donors (Lipinski definition) is 3. The van der Waals surface area contributed by atoms with Crippen LogP contribution in [0.25, 0.3) is 0 Å². The third-order valence-electron chi connectivity index (χ3n) is 5.86. The number of fused-ring (bicyclic) bond motifs is 3. The number of nitrogens with two attached hydrogens (primary N) is 1. The fourth-order valence-corrected chi connectivity index (χ4v) is 5.06. The molecule has 32 heavy (non-hydrogen) atoms. The summed E-state index contributed by atoms with van der Waals surface area (Å²) in [5.41, 5.74) is 8.87. The van der Waals surface area contributed by atoms with Crippen LogP contribution in [-0.4, -0.2) is 54.1 Å². The predicted octanol–water partition coefficient (Wildman–Crippen LogP) is 2.87. The molecule has 3 aromatic rings. The van der Waals surface area contributed by atoms with Gasteiger partial charge in [-0.25, -0.2) is 0 Å². The van der Waals surface area contributed by atoms with Crippen molar-refractivity contribution in [3.63, 3.8) is 0 Å². The molecule has 0 radical (unpaired) electrons. The fourth-order valence-electron chi connectivity index (χ4n) is 4.41. The molecule has 0 unspecified atom stereocenters. The fraction of sp³-hybridized carbons (Fsp3) is 0.130. The molecule has 158 valence electrons. The van der Waals surface area contributed by atoms with Gasteiger partial charge in [0.15, 0.2) is 11.6 Å². The molecule has 3 aromatic carbocycles. The van der Waals surface area contributed by atoms with E-state index in [0.29, 0.717) is 5.69 Å². The van der Waals surface area contributed by atoms with Crippen LogP contribution >= 0.6 is 0 Å². The van der Waals surface area contributed by atoms with Crippen LogP contribution in [0.5, 0.6) is 0 Å². The van der Waals surface area contributed by atoms with E-state index in [1.807, 2.05) is 18.2 Å². The molecule has 0 saturated carbocycles. The Kier molecular flexibility index (Phi) is 5.77. The predicted molar refractivity (Wildman–Crippen MR) is 123 cm³/mol. The molecular weight excluding hydrogens is 439 g/mol. The summed E-state index contributed by atoms with van der Waals surface area (Å²) in [5, 5.41) is 3.08. The number of rotatable bonds is 3. The number of hydrogen-bond acceptors (Lipinski definition) is 6. The van der Waals surface area contributed by atoms with E-state index in [1.54, 1.807) is 18.2 Å². The van der Waals surface area contributed by atoms with Gasteiger partial charge >= 0.3 is 29.6 Å². The molecule has 0 bridgehead atoms. The van der Waals surface area contributed by atoms with E-state index >= 15 is 0 Å². The van der Waals surface area contributed by atoms with Crippen LogP contribution in [0.2, 0.25) is 0 Å². The standard InChI is InChI=1S/C23H18N2O5S.Na.H/c24-21-18(31(28,29)30)11-17(25-14-9-8-12-4-3-5-13(12)10-14)19-20(21)23(27)16-7-2-1-6-15(16)22(19)26;;/h1-2,6-11,25H,3-5,24H2,(H,28,29,30);;. The van der Waals surface area contributed by atoms with Gasteiger partial charge in [0.1, 0.15) is 4.90 Å². The number of benzene rings is 3. The van der Waals surface area contributed by atoms with Crippen LogP contribution in [0.3, 0.4) is 0 Å². The van der Waals surface area contributed by atoms with Gasteiger partial charge in [-0.2, -0.15) is 8.42 Å². The van der Waals surface area contributed by atoms with Crippen molar-refractivity contribution in [3.05, 3.63) is 81.9 Å². The van der Waals surface area contributed by atoms with Gasteiger partial charge in [0.25, 0.3) is 10.1 Å². The Morgan fingerprint density at radius 3 is 2.16 bits per heavy atom. The van der Waals surface area contributed by atoms with Gasteiger partial charge in [-0.05, 0) is 48.6 Å². The average molecular weight is 458 g/mol. The van der Waals surface area contributed by atoms with Crippen LogP contribution < -0.4 is 11.1 Å². The summed E-state index contributed by atoms with van der Waals surface area (Å²) in [4.78, 5) is 25.9. The van der Waals surface area contributed by atoms with E-state index in [1.165, 1.54) is 17.2 Å². The zero-order chi connectivity index (χ0) is 21.9. The van der Waals surface area contributed by atoms with Crippen LogP contribution in [-0.2, 0) is 23.0 Å². The van der Waals surface area contributed by atoms with Gasteiger partial charge in [0, 0.05) is 16.8 Å². The van der Waals surface area contributed by atoms with Crippen LogP contribution in [0, 0.1) is 0 Å². The maximum atomic E-state index is 13.3.